The number of fused-ring (bicyclic) bond motifs is 7. The summed E-state index contributed by atoms with van der Waals surface area (Å²) in [5.74, 6) is 0.829. The molecular formula is C37H22N4. The maximum absolute atomic E-state index is 5.21. The molecule has 41 heavy (non-hydrogen) atoms. The lowest BCUT2D eigenvalue weighted by Crippen LogP contribution is -2.01. The molecule has 0 saturated carbocycles. The Balaban J connectivity index is 1.38. The van der Waals surface area contributed by atoms with Gasteiger partial charge in [-0.3, -0.25) is 0 Å². The van der Waals surface area contributed by atoms with Gasteiger partial charge in [-0.2, -0.15) is 0 Å². The van der Waals surface area contributed by atoms with Crippen molar-refractivity contribution in [3.63, 3.8) is 0 Å². The minimum atomic E-state index is 0.829. The van der Waals surface area contributed by atoms with E-state index < -0.39 is 0 Å². The number of hydrogen-bond donors (Lipinski definition) is 1. The monoisotopic (exact) mass is 522 g/mol. The van der Waals surface area contributed by atoms with Gasteiger partial charge in [0.2, 0.25) is 0 Å². The molecule has 0 bridgehead atoms. The summed E-state index contributed by atoms with van der Waals surface area (Å²) < 4.78 is 0. The number of imidazole rings is 1. The molecule has 0 radical (unpaired) electrons. The van der Waals surface area contributed by atoms with Gasteiger partial charge >= 0.3 is 0 Å². The topological polar surface area (TPSA) is 53.4 Å². The number of rotatable bonds is 3. The quantitative estimate of drug-likeness (QED) is 0.251. The van der Waals surface area contributed by atoms with Crippen LogP contribution in [0, 0.1) is 10.4 Å². The fourth-order valence-electron chi connectivity index (χ4n) is 6.35. The summed E-state index contributed by atoms with van der Waals surface area (Å²) in [7, 11) is 0. The molecule has 1 aromatic heterocycles. The fourth-order valence-corrected chi connectivity index (χ4v) is 6.35. The van der Waals surface area contributed by atoms with Crippen LogP contribution in [0.4, 0.5) is 11.4 Å². The molecule has 2 aliphatic rings. The Morgan fingerprint density at radius 1 is 0.463 bits per heavy atom. The van der Waals surface area contributed by atoms with Crippen LogP contribution in [0.25, 0.3) is 55.8 Å². The maximum atomic E-state index is 5.21. The summed E-state index contributed by atoms with van der Waals surface area (Å²) in [4.78, 5) is 19.2. The van der Waals surface area contributed by atoms with Crippen LogP contribution in [0.1, 0.15) is 0 Å². The Labute approximate surface area is 235 Å². The van der Waals surface area contributed by atoms with Crippen LogP contribution in [0.2, 0.25) is 0 Å². The van der Waals surface area contributed by atoms with Crippen molar-refractivity contribution in [1.29, 1.82) is 0 Å². The molecule has 0 amide bonds. The van der Waals surface area contributed by atoms with Crippen LogP contribution >= 0.6 is 0 Å². The molecule has 0 spiro atoms. The van der Waals surface area contributed by atoms with Gasteiger partial charge in [0.15, 0.2) is 0 Å². The van der Waals surface area contributed by atoms with Crippen molar-refractivity contribution < 1.29 is 0 Å². The van der Waals surface area contributed by atoms with E-state index >= 15 is 0 Å². The number of nitrogens with one attached hydrogen (secondary N) is 1. The van der Waals surface area contributed by atoms with Gasteiger partial charge < -0.3 is 4.98 Å². The Bertz CT molecular complexity index is 2410. The number of H-pyrrole nitrogens is 1. The number of nitrogens with zero attached hydrogens (tertiary/aromatic N) is 3. The van der Waals surface area contributed by atoms with Crippen molar-refractivity contribution in [2.24, 2.45) is 9.98 Å². The van der Waals surface area contributed by atoms with Crippen molar-refractivity contribution in [2.45, 2.75) is 0 Å². The molecule has 0 atom stereocenters. The average Bonchev–Trinajstić information content (AvgIpc) is 3.74. The molecule has 0 fully saturated rings. The molecule has 0 saturated heterocycles. The highest BCUT2D eigenvalue weighted by molar-refractivity contribution is 6.04. The van der Waals surface area contributed by atoms with Gasteiger partial charge in [0, 0.05) is 32.7 Å². The number of hydrogen-bond acceptors (Lipinski definition) is 3. The van der Waals surface area contributed by atoms with Crippen LogP contribution < -0.4 is 10.7 Å². The second-order valence-corrected chi connectivity index (χ2v) is 10.5. The van der Waals surface area contributed by atoms with Crippen molar-refractivity contribution in [3.05, 3.63) is 149 Å². The number of benzene rings is 6. The first-order chi connectivity index (χ1) is 20.3. The molecule has 4 nitrogen and oxygen atoms in total. The standard InChI is InChI=1S/C37H22N4/c1-3-10-22(11-4-1)24-18-20-29-33(34-30(38-29)21-19-27-26-14-7-8-16-28(26)39-36(27)34)32(24)37-40-31-17-9-15-25(35(31)41-37)23-12-5-2-6-13-23/h1-21H,(H,40,41). The van der Waals surface area contributed by atoms with E-state index in [0.29, 0.717) is 0 Å². The zero-order valence-corrected chi connectivity index (χ0v) is 22.0. The minimum absolute atomic E-state index is 0.829. The van der Waals surface area contributed by atoms with Gasteiger partial charge in [-0.05, 0) is 47.0 Å². The average molecular weight is 523 g/mol. The van der Waals surface area contributed by atoms with Gasteiger partial charge in [0.05, 0.1) is 33.1 Å². The summed E-state index contributed by atoms with van der Waals surface area (Å²) in [5.41, 5.74) is 11.6. The van der Waals surface area contributed by atoms with Gasteiger partial charge in [-0.1, -0.05) is 97.1 Å². The summed E-state index contributed by atoms with van der Waals surface area (Å²) >= 11 is 0. The van der Waals surface area contributed by atoms with E-state index in [9.17, 15) is 0 Å². The normalized spacial score (nSPS) is 12.3. The second-order valence-electron chi connectivity index (χ2n) is 10.5. The lowest BCUT2D eigenvalue weighted by atomic mass is 9.90. The van der Waals surface area contributed by atoms with Crippen molar-refractivity contribution in [3.8, 4) is 44.8 Å². The molecule has 0 aliphatic carbocycles. The van der Waals surface area contributed by atoms with Gasteiger partial charge in [0.25, 0.3) is 0 Å². The molecule has 7 aromatic rings. The minimum Gasteiger partial charge on any atom is -0.337 e. The molecule has 1 N–H and O–H groups in total. The molecule has 4 heteroatoms. The van der Waals surface area contributed by atoms with E-state index in [2.05, 4.69) is 120 Å². The highest BCUT2D eigenvalue weighted by Gasteiger charge is 2.28. The first-order valence-electron chi connectivity index (χ1n) is 13.8. The van der Waals surface area contributed by atoms with E-state index in [1.54, 1.807) is 0 Å². The zero-order chi connectivity index (χ0) is 26.9. The predicted molar refractivity (Wildman–Crippen MR) is 164 cm³/mol. The fraction of sp³-hybridized carbons (Fsp3) is 0. The summed E-state index contributed by atoms with van der Waals surface area (Å²) in [5, 5.41) is 4.26. The molecule has 190 valence electrons. The first-order valence-corrected chi connectivity index (χ1v) is 13.8. The third-order valence-electron chi connectivity index (χ3n) is 8.18. The van der Waals surface area contributed by atoms with Crippen LogP contribution in [-0.2, 0) is 0 Å². The molecule has 2 aliphatic heterocycles. The Morgan fingerprint density at radius 2 is 1.22 bits per heavy atom. The van der Waals surface area contributed by atoms with Gasteiger partial charge in [-0.15, -0.1) is 0 Å². The molecule has 6 aromatic carbocycles. The SMILES string of the molecule is c1ccc(-c2ccc3c(c2-c2nc4cccc(-c5ccccc5)c4[nH]2)-c2c4c(ccc2=N3)=c2ccccc2=N4)cc1. The molecule has 0 unspecified atom stereocenters. The lowest BCUT2D eigenvalue weighted by Gasteiger charge is -2.14. The lowest BCUT2D eigenvalue weighted by molar-refractivity contribution is 1.33. The third kappa shape index (κ3) is 3.25. The van der Waals surface area contributed by atoms with E-state index in [1.807, 2.05) is 12.1 Å². The Hall–Kier alpha value is -5.61. The van der Waals surface area contributed by atoms with E-state index in [4.69, 9.17) is 15.0 Å². The van der Waals surface area contributed by atoms with Crippen LogP contribution in [0.3, 0.4) is 0 Å². The summed E-state index contributed by atoms with van der Waals surface area (Å²) in [6, 6.07) is 44.3. The first kappa shape index (κ1) is 22.2. The molecule has 9 rings (SSSR count). The van der Waals surface area contributed by atoms with Gasteiger partial charge in [-0.25, -0.2) is 15.0 Å². The summed E-state index contributed by atoms with van der Waals surface area (Å²) in [6.07, 6.45) is 0. The maximum Gasteiger partial charge on any atom is 0.139 e. The molecular weight excluding hydrogens is 500 g/mol. The smallest absolute Gasteiger partial charge is 0.139 e. The zero-order valence-electron chi connectivity index (χ0n) is 22.0. The van der Waals surface area contributed by atoms with Crippen LogP contribution in [0.15, 0.2) is 137 Å². The van der Waals surface area contributed by atoms with E-state index in [0.717, 1.165) is 88.3 Å². The van der Waals surface area contributed by atoms with Crippen LogP contribution in [0.5, 0.6) is 0 Å². The third-order valence-corrected chi connectivity index (χ3v) is 8.18. The van der Waals surface area contributed by atoms with Gasteiger partial charge in [0.1, 0.15) is 5.82 Å². The van der Waals surface area contributed by atoms with E-state index in [-0.39, 0.29) is 0 Å². The highest BCUT2D eigenvalue weighted by Crippen LogP contribution is 2.49. The predicted octanol–water partition coefficient (Wildman–Crippen LogP) is 8.05. The van der Waals surface area contributed by atoms with Crippen molar-refractivity contribution in [2.75, 3.05) is 0 Å². The number of aromatic amines is 1. The van der Waals surface area contributed by atoms with Crippen molar-refractivity contribution in [1.82, 2.24) is 9.97 Å². The van der Waals surface area contributed by atoms with E-state index in [1.165, 1.54) is 0 Å². The second kappa shape index (κ2) is 8.44. The summed E-state index contributed by atoms with van der Waals surface area (Å²) in [6.45, 7) is 0. The highest BCUT2D eigenvalue weighted by atomic mass is 14.9. The van der Waals surface area contributed by atoms with Crippen molar-refractivity contribution >= 4 is 22.4 Å². The number of aromatic nitrogens is 2. The largest absolute Gasteiger partial charge is 0.337 e. The Kier molecular flexibility index (Phi) is 4.58. The molecule has 3 heterocycles. The number of para-hydroxylation sites is 2. The van der Waals surface area contributed by atoms with Crippen LogP contribution in [-0.4, -0.2) is 9.97 Å². The Morgan fingerprint density at radius 3 is 2.05 bits per heavy atom.